The van der Waals surface area contributed by atoms with E-state index in [-0.39, 0.29) is 17.0 Å². The van der Waals surface area contributed by atoms with Crippen LogP contribution in [-0.2, 0) is 14.8 Å². The van der Waals surface area contributed by atoms with E-state index in [1.54, 1.807) is 24.3 Å². The minimum absolute atomic E-state index is 0.0725. The van der Waals surface area contributed by atoms with E-state index >= 15 is 0 Å². The van der Waals surface area contributed by atoms with E-state index in [1.807, 2.05) is 0 Å². The number of carbonyl (C=O) groups excluding carboxylic acids is 2. The summed E-state index contributed by atoms with van der Waals surface area (Å²) in [7, 11) is -0.725. The van der Waals surface area contributed by atoms with Crippen LogP contribution in [0.4, 0.5) is 0 Å². The minimum Gasteiger partial charge on any atom is -0.343 e. The topological polar surface area (TPSA) is 108 Å². The number of amides is 2. The molecule has 0 saturated carbocycles. The number of sulfonamides is 1. The van der Waals surface area contributed by atoms with Gasteiger partial charge in [0, 0.05) is 24.7 Å². The number of hydrogen-bond acceptors (Lipinski definition) is 5. The number of hydrazone groups is 1. The summed E-state index contributed by atoms with van der Waals surface area (Å²) in [6.45, 7) is -0.283. The lowest BCUT2D eigenvalue weighted by atomic mass is 10.2. The van der Waals surface area contributed by atoms with Crippen LogP contribution in [0.3, 0.4) is 0 Å². The Morgan fingerprint density at radius 3 is 2.25 bits per heavy atom. The van der Waals surface area contributed by atoms with Gasteiger partial charge in [-0.2, -0.15) is 5.10 Å². The Labute approximate surface area is 168 Å². The maximum Gasteiger partial charge on any atom is 0.259 e. The summed E-state index contributed by atoms with van der Waals surface area (Å²) >= 11 is 5.78. The summed E-state index contributed by atoms with van der Waals surface area (Å²) in [6, 6.07) is 12.3. The van der Waals surface area contributed by atoms with Crippen molar-refractivity contribution in [3.63, 3.8) is 0 Å². The quantitative estimate of drug-likeness (QED) is 0.520. The first-order valence-corrected chi connectivity index (χ1v) is 9.90. The Morgan fingerprint density at radius 2 is 1.68 bits per heavy atom. The van der Waals surface area contributed by atoms with Crippen molar-refractivity contribution in [2.24, 2.45) is 5.10 Å². The standard InChI is InChI=1S/C18H19ClN4O4S/c1-23(2)28(26,27)16-9-5-14(6-10-16)18(25)20-12-17(24)22-21-11-13-3-7-15(19)8-4-13/h3-11H,12H2,1-2H3,(H,20,25)(H,22,24)/b21-11+. The van der Waals surface area contributed by atoms with Crippen molar-refractivity contribution in [1.82, 2.24) is 15.0 Å². The number of benzene rings is 2. The molecular weight excluding hydrogens is 404 g/mol. The SMILES string of the molecule is CN(C)S(=O)(=O)c1ccc(C(=O)NCC(=O)N/N=C/c2ccc(Cl)cc2)cc1. The van der Waals surface area contributed by atoms with Crippen LogP contribution in [0.15, 0.2) is 58.5 Å². The lowest BCUT2D eigenvalue weighted by Crippen LogP contribution is -2.34. The number of nitrogens with zero attached hydrogens (tertiary/aromatic N) is 2. The van der Waals surface area contributed by atoms with E-state index in [2.05, 4.69) is 15.8 Å². The van der Waals surface area contributed by atoms with Crippen molar-refractivity contribution in [3.8, 4) is 0 Å². The van der Waals surface area contributed by atoms with Crippen molar-refractivity contribution < 1.29 is 18.0 Å². The third-order valence-corrected chi connectivity index (χ3v) is 5.66. The van der Waals surface area contributed by atoms with Gasteiger partial charge in [-0.05, 0) is 42.0 Å². The van der Waals surface area contributed by atoms with Gasteiger partial charge in [0.05, 0.1) is 17.7 Å². The van der Waals surface area contributed by atoms with Crippen LogP contribution in [0.1, 0.15) is 15.9 Å². The van der Waals surface area contributed by atoms with Crippen molar-refractivity contribution >= 4 is 39.7 Å². The van der Waals surface area contributed by atoms with Gasteiger partial charge in [-0.25, -0.2) is 18.1 Å². The van der Waals surface area contributed by atoms with Gasteiger partial charge in [0.15, 0.2) is 0 Å². The third kappa shape index (κ3) is 5.88. The predicted octanol–water partition coefficient (Wildman–Crippen LogP) is 1.47. The zero-order valence-corrected chi connectivity index (χ0v) is 16.8. The molecule has 0 aromatic heterocycles. The molecule has 2 amide bonds. The second-order valence-electron chi connectivity index (χ2n) is 5.84. The molecule has 2 N–H and O–H groups in total. The number of nitrogens with one attached hydrogen (secondary N) is 2. The van der Waals surface area contributed by atoms with E-state index in [4.69, 9.17) is 11.6 Å². The fraction of sp³-hybridized carbons (Fsp3) is 0.167. The van der Waals surface area contributed by atoms with Gasteiger partial charge >= 0.3 is 0 Å². The zero-order chi connectivity index (χ0) is 20.7. The van der Waals surface area contributed by atoms with Crippen LogP contribution in [0.2, 0.25) is 5.02 Å². The van der Waals surface area contributed by atoms with Gasteiger partial charge < -0.3 is 5.32 Å². The summed E-state index contributed by atoms with van der Waals surface area (Å²) in [5.41, 5.74) is 3.28. The second kappa shape index (κ2) is 9.45. The molecule has 10 heteroatoms. The second-order valence-corrected chi connectivity index (χ2v) is 8.43. The monoisotopic (exact) mass is 422 g/mol. The Balaban J connectivity index is 1.86. The van der Waals surface area contributed by atoms with Gasteiger partial charge in [0.2, 0.25) is 10.0 Å². The molecule has 28 heavy (non-hydrogen) atoms. The van der Waals surface area contributed by atoms with Crippen LogP contribution in [-0.4, -0.2) is 51.4 Å². The van der Waals surface area contributed by atoms with Crippen molar-refractivity contribution in [2.75, 3.05) is 20.6 Å². The van der Waals surface area contributed by atoms with Gasteiger partial charge in [-0.3, -0.25) is 9.59 Å². The Morgan fingerprint density at radius 1 is 1.07 bits per heavy atom. The smallest absolute Gasteiger partial charge is 0.259 e. The first kappa shape index (κ1) is 21.5. The first-order valence-electron chi connectivity index (χ1n) is 8.08. The molecule has 0 bridgehead atoms. The highest BCUT2D eigenvalue weighted by molar-refractivity contribution is 7.89. The van der Waals surface area contributed by atoms with Gasteiger partial charge in [-0.1, -0.05) is 23.7 Å². The van der Waals surface area contributed by atoms with Crippen LogP contribution in [0, 0.1) is 0 Å². The maximum absolute atomic E-state index is 12.1. The fourth-order valence-corrected chi connectivity index (χ4v) is 3.05. The number of carbonyl (C=O) groups is 2. The molecule has 2 aromatic rings. The van der Waals surface area contributed by atoms with Crippen LogP contribution in [0.5, 0.6) is 0 Å². The Hall–Kier alpha value is -2.75. The van der Waals surface area contributed by atoms with Gasteiger partial charge in [0.1, 0.15) is 0 Å². The third-order valence-electron chi connectivity index (χ3n) is 3.58. The Bertz CT molecular complexity index is 972. The highest BCUT2D eigenvalue weighted by Gasteiger charge is 2.17. The van der Waals surface area contributed by atoms with Gasteiger partial charge in [-0.15, -0.1) is 0 Å². The normalized spacial score (nSPS) is 11.6. The molecule has 0 heterocycles. The molecule has 0 aliphatic heterocycles. The lowest BCUT2D eigenvalue weighted by Gasteiger charge is -2.11. The van der Waals surface area contributed by atoms with E-state index < -0.39 is 21.8 Å². The summed E-state index contributed by atoms with van der Waals surface area (Å²) in [5, 5.41) is 6.81. The predicted molar refractivity (Wildman–Crippen MR) is 107 cm³/mol. The van der Waals surface area contributed by atoms with E-state index in [1.165, 1.54) is 44.6 Å². The van der Waals surface area contributed by atoms with E-state index in [0.29, 0.717) is 5.02 Å². The molecule has 0 atom stereocenters. The van der Waals surface area contributed by atoms with Crippen molar-refractivity contribution in [2.45, 2.75) is 4.90 Å². The molecule has 2 rings (SSSR count). The number of hydrogen-bond donors (Lipinski definition) is 2. The first-order chi connectivity index (χ1) is 13.2. The van der Waals surface area contributed by atoms with E-state index in [0.717, 1.165) is 9.87 Å². The van der Waals surface area contributed by atoms with Crippen molar-refractivity contribution in [1.29, 1.82) is 0 Å². The zero-order valence-electron chi connectivity index (χ0n) is 15.2. The minimum atomic E-state index is -3.57. The molecular formula is C18H19ClN4O4S. The number of rotatable bonds is 7. The molecule has 2 aromatic carbocycles. The van der Waals surface area contributed by atoms with E-state index in [9.17, 15) is 18.0 Å². The molecule has 0 aliphatic carbocycles. The summed E-state index contributed by atoms with van der Waals surface area (Å²) in [5.74, 6) is -1.02. The average Bonchev–Trinajstić information content (AvgIpc) is 2.67. The molecule has 0 fully saturated rings. The summed E-state index contributed by atoms with van der Waals surface area (Å²) in [6.07, 6.45) is 1.44. The van der Waals surface area contributed by atoms with Crippen molar-refractivity contribution in [3.05, 3.63) is 64.7 Å². The molecule has 0 spiro atoms. The molecule has 0 unspecified atom stereocenters. The molecule has 8 nitrogen and oxygen atoms in total. The highest BCUT2D eigenvalue weighted by Crippen LogP contribution is 2.14. The van der Waals surface area contributed by atoms with Crippen LogP contribution in [0.25, 0.3) is 0 Å². The maximum atomic E-state index is 12.1. The molecule has 0 saturated heterocycles. The largest absolute Gasteiger partial charge is 0.343 e. The van der Waals surface area contributed by atoms with Crippen LogP contribution < -0.4 is 10.7 Å². The lowest BCUT2D eigenvalue weighted by molar-refractivity contribution is -0.120. The summed E-state index contributed by atoms with van der Waals surface area (Å²) < 4.78 is 25.1. The number of halogens is 1. The fourth-order valence-electron chi connectivity index (χ4n) is 2.02. The highest BCUT2D eigenvalue weighted by atomic mass is 35.5. The molecule has 148 valence electrons. The molecule has 0 aliphatic rings. The molecule has 0 radical (unpaired) electrons. The Kier molecular flexibility index (Phi) is 7.27. The average molecular weight is 423 g/mol. The summed E-state index contributed by atoms with van der Waals surface area (Å²) in [4.78, 5) is 23.9. The van der Waals surface area contributed by atoms with Crippen LogP contribution >= 0.6 is 11.6 Å². The van der Waals surface area contributed by atoms with Gasteiger partial charge in [0.25, 0.3) is 11.8 Å².